The molecule has 1 aliphatic rings. The molecule has 1 saturated heterocycles. The molecule has 1 aromatic carbocycles. The van der Waals surface area contributed by atoms with Crippen LogP contribution in [0.15, 0.2) is 40.5 Å². The van der Waals surface area contributed by atoms with Crippen LogP contribution in [0.2, 0.25) is 10.0 Å². The molecule has 2 aromatic heterocycles. The molecule has 0 spiro atoms. The lowest BCUT2D eigenvalue weighted by Gasteiger charge is -2.07. The van der Waals surface area contributed by atoms with Crippen LogP contribution in [0.1, 0.15) is 17.0 Å². The molecule has 140 valence electrons. The van der Waals surface area contributed by atoms with Crippen LogP contribution < -0.4 is 5.32 Å². The molecule has 0 unspecified atom stereocenters. The number of hydrogen-bond acceptors (Lipinski definition) is 6. The molecule has 1 fully saturated rings. The first-order valence-electron chi connectivity index (χ1n) is 8.25. The minimum absolute atomic E-state index is 0.238. The van der Waals surface area contributed by atoms with Crippen LogP contribution >= 0.6 is 35.0 Å². The van der Waals surface area contributed by atoms with Crippen molar-refractivity contribution in [2.24, 2.45) is 4.99 Å². The third-order valence-electron chi connectivity index (χ3n) is 4.04. The van der Waals surface area contributed by atoms with Crippen LogP contribution in [0, 0.1) is 13.8 Å². The number of nitrogens with zero attached hydrogens (tertiary/aromatic N) is 4. The Morgan fingerprint density at radius 3 is 2.46 bits per heavy atom. The Bertz CT molecular complexity index is 1170. The number of benzene rings is 1. The summed E-state index contributed by atoms with van der Waals surface area (Å²) < 4.78 is 0. The molecule has 1 amide bonds. The molecule has 0 aliphatic carbocycles. The Balaban J connectivity index is 1.67. The van der Waals surface area contributed by atoms with Gasteiger partial charge in [-0.05, 0) is 49.4 Å². The summed E-state index contributed by atoms with van der Waals surface area (Å²) in [5, 5.41) is 3.88. The average molecular weight is 430 g/mol. The highest BCUT2D eigenvalue weighted by Crippen LogP contribution is 2.38. The quantitative estimate of drug-likeness (QED) is 0.589. The summed E-state index contributed by atoms with van der Waals surface area (Å²) in [4.78, 5) is 30.1. The highest BCUT2D eigenvalue weighted by molar-refractivity contribution is 8.18. The van der Waals surface area contributed by atoms with E-state index in [2.05, 4.69) is 25.3 Å². The predicted molar refractivity (Wildman–Crippen MR) is 114 cm³/mol. The number of pyridine rings is 1. The molecular formula is C19H13Cl2N5OS. The Hall–Kier alpha value is -2.48. The first-order chi connectivity index (χ1) is 13.4. The molecule has 0 saturated carbocycles. The van der Waals surface area contributed by atoms with Crippen LogP contribution in [-0.2, 0) is 4.79 Å². The predicted octanol–water partition coefficient (Wildman–Crippen LogP) is 4.84. The van der Waals surface area contributed by atoms with E-state index in [0.717, 1.165) is 16.6 Å². The molecule has 3 heterocycles. The minimum Gasteiger partial charge on any atom is -0.300 e. The van der Waals surface area contributed by atoms with Crippen LogP contribution in [0.3, 0.4) is 0 Å². The largest absolute Gasteiger partial charge is 0.300 e. The third-order valence-corrected chi connectivity index (χ3v) is 5.86. The smallest absolute Gasteiger partial charge is 0.264 e. The number of carbonyl (C=O) groups excluding carboxylic acids is 1. The summed E-state index contributed by atoms with van der Waals surface area (Å²) in [6.45, 7) is 3.56. The van der Waals surface area contributed by atoms with E-state index in [-0.39, 0.29) is 5.91 Å². The number of carbonyl (C=O) groups is 1. The molecule has 0 atom stereocenters. The number of thioether (sulfide) groups is 1. The maximum absolute atomic E-state index is 12.4. The Morgan fingerprint density at radius 1 is 1.07 bits per heavy atom. The summed E-state index contributed by atoms with van der Waals surface area (Å²) in [5.41, 5.74) is 4.06. The highest BCUT2D eigenvalue weighted by Gasteiger charge is 2.25. The van der Waals surface area contributed by atoms with Crippen molar-refractivity contribution in [3.63, 3.8) is 0 Å². The first kappa shape index (κ1) is 18.9. The summed E-state index contributed by atoms with van der Waals surface area (Å²) in [6, 6.07) is 5.63. The van der Waals surface area contributed by atoms with Gasteiger partial charge in [0.1, 0.15) is 5.69 Å². The van der Waals surface area contributed by atoms with Crippen molar-refractivity contribution in [2.45, 2.75) is 13.8 Å². The average Bonchev–Trinajstić information content (AvgIpc) is 3.02. The number of aromatic nitrogens is 3. The number of hydrogen-bond donors (Lipinski definition) is 1. The second kappa shape index (κ2) is 7.50. The second-order valence-corrected chi connectivity index (χ2v) is 7.83. The van der Waals surface area contributed by atoms with Crippen LogP contribution in [0.25, 0.3) is 17.1 Å². The van der Waals surface area contributed by atoms with E-state index in [9.17, 15) is 4.79 Å². The molecule has 0 bridgehead atoms. The van der Waals surface area contributed by atoms with Crippen molar-refractivity contribution in [3.8, 4) is 0 Å². The summed E-state index contributed by atoms with van der Waals surface area (Å²) >= 11 is 13.8. The fraction of sp³-hybridized carbons (Fsp3) is 0.105. The molecule has 1 aliphatic heterocycles. The Morgan fingerprint density at radius 2 is 1.75 bits per heavy atom. The number of halogens is 2. The number of aryl methyl sites for hydroxylation is 2. The van der Waals surface area contributed by atoms with E-state index in [0.29, 0.717) is 37.2 Å². The molecule has 28 heavy (non-hydrogen) atoms. The van der Waals surface area contributed by atoms with E-state index in [1.54, 1.807) is 32.3 Å². The molecule has 1 N–H and O–H groups in total. The number of nitrogens with one attached hydrogen (secondary N) is 1. The van der Waals surface area contributed by atoms with Crippen LogP contribution in [-0.4, -0.2) is 26.0 Å². The Labute approximate surface area is 175 Å². The van der Waals surface area contributed by atoms with Gasteiger partial charge in [-0.3, -0.25) is 19.7 Å². The van der Waals surface area contributed by atoms with Gasteiger partial charge in [0.2, 0.25) is 0 Å². The van der Waals surface area contributed by atoms with Crippen LogP contribution in [0.4, 0.5) is 5.69 Å². The molecule has 9 heteroatoms. The topological polar surface area (TPSA) is 80.1 Å². The fourth-order valence-electron chi connectivity index (χ4n) is 2.69. The molecular weight excluding hydrogens is 417 g/mol. The molecule has 0 radical (unpaired) electrons. The van der Waals surface area contributed by atoms with Crippen molar-refractivity contribution >= 4 is 68.8 Å². The zero-order valence-corrected chi connectivity index (χ0v) is 17.2. The van der Waals surface area contributed by atoms with E-state index in [1.807, 2.05) is 18.2 Å². The summed E-state index contributed by atoms with van der Waals surface area (Å²) in [6.07, 6.45) is 5.05. The monoisotopic (exact) mass is 429 g/mol. The standard InChI is InChI=1S/C19H13Cl2N5OS/c1-9-15(20)17(16(21)10(2)24-9)25-19-26-18(27)14(28-19)8-11-3-4-12-13(7-11)23-6-5-22-12/h3-8H,1-2H3,(H,24,25,26,27). The number of rotatable bonds is 2. The second-order valence-electron chi connectivity index (χ2n) is 6.05. The van der Waals surface area contributed by atoms with Gasteiger partial charge in [-0.2, -0.15) is 0 Å². The fourth-order valence-corrected chi connectivity index (χ4v) is 3.92. The van der Waals surface area contributed by atoms with Gasteiger partial charge in [-0.25, -0.2) is 4.99 Å². The molecule has 6 nitrogen and oxygen atoms in total. The zero-order chi connectivity index (χ0) is 19.8. The molecule has 4 rings (SSSR count). The van der Waals surface area contributed by atoms with Gasteiger partial charge in [0, 0.05) is 12.4 Å². The van der Waals surface area contributed by atoms with E-state index in [1.165, 1.54) is 11.8 Å². The van der Waals surface area contributed by atoms with Gasteiger partial charge in [-0.15, -0.1) is 0 Å². The number of aliphatic imine (C=N–C) groups is 1. The van der Waals surface area contributed by atoms with Gasteiger partial charge in [-0.1, -0.05) is 29.3 Å². The lowest BCUT2D eigenvalue weighted by molar-refractivity contribution is -0.115. The number of amidine groups is 1. The first-order valence-corrected chi connectivity index (χ1v) is 9.82. The van der Waals surface area contributed by atoms with E-state index >= 15 is 0 Å². The number of amides is 1. The van der Waals surface area contributed by atoms with Crippen molar-refractivity contribution in [1.29, 1.82) is 0 Å². The normalized spacial score (nSPS) is 16.9. The Kier molecular flexibility index (Phi) is 5.05. The minimum atomic E-state index is -0.238. The maximum Gasteiger partial charge on any atom is 0.264 e. The molecule has 3 aromatic rings. The lowest BCUT2D eigenvalue weighted by Crippen LogP contribution is -2.19. The SMILES string of the molecule is Cc1nc(C)c(Cl)c(N=C2NC(=O)C(=Cc3ccc4nccnc4c3)S2)c1Cl. The maximum atomic E-state index is 12.4. The van der Waals surface area contributed by atoms with E-state index < -0.39 is 0 Å². The third kappa shape index (κ3) is 3.61. The van der Waals surface area contributed by atoms with E-state index in [4.69, 9.17) is 23.2 Å². The van der Waals surface area contributed by atoms with Crippen molar-refractivity contribution < 1.29 is 4.79 Å². The van der Waals surface area contributed by atoms with Gasteiger partial charge in [0.25, 0.3) is 5.91 Å². The van der Waals surface area contributed by atoms with Gasteiger partial charge < -0.3 is 5.32 Å². The van der Waals surface area contributed by atoms with Gasteiger partial charge >= 0.3 is 0 Å². The summed E-state index contributed by atoms with van der Waals surface area (Å²) in [5.74, 6) is -0.238. The van der Waals surface area contributed by atoms with Gasteiger partial charge in [0.15, 0.2) is 5.17 Å². The van der Waals surface area contributed by atoms with Gasteiger partial charge in [0.05, 0.1) is 37.4 Å². The summed E-state index contributed by atoms with van der Waals surface area (Å²) in [7, 11) is 0. The lowest BCUT2D eigenvalue weighted by atomic mass is 10.2. The zero-order valence-electron chi connectivity index (χ0n) is 14.8. The van der Waals surface area contributed by atoms with Crippen LogP contribution in [0.5, 0.6) is 0 Å². The highest BCUT2D eigenvalue weighted by atomic mass is 35.5. The van der Waals surface area contributed by atoms with Crippen molar-refractivity contribution in [3.05, 3.63) is 62.5 Å². The van der Waals surface area contributed by atoms with Crippen molar-refractivity contribution in [2.75, 3.05) is 0 Å². The van der Waals surface area contributed by atoms with Crippen molar-refractivity contribution in [1.82, 2.24) is 20.3 Å². The number of fused-ring (bicyclic) bond motifs is 1.